The molecule has 0 bridgehead atoms. The molecule has 0 aromatic carbocycles. The monoisotopic (exact) mass is 251 g/mol. The van der Waals surface area contributed by atoms with Gasteiger partial charge in [-0.15, -0.1) is 0 Å². The van der Waals surface area contributed by atoms with Crippen LogP contribution in [0.15, 0.2) is 24.7 Å². The maximum atomic E-state index is 9.94. The fraction of sp³-hybridized carbons (Fsp3) is 0.455. The zero-order chi connectivity index (χ0) is 12.7. The number of fused-ring (bicyclic) bond motifs is 1. The minimum absolute atomic E-state index is 0.348. The molecule has 0 saturated carbocycles. The summed E-state index contributed by atoms with van der Waals surface area (Å²) in [4.78, 5) is 8.17. The van der Waals surface area contributed by atoms with Gasteiger partial charge in [-0.1, -0.05) is 0 Å². The Balaban J connectivity index is 2.00. The van der Waals surface area contributed by atoms with Crippen molar-refractivity contribution in [3.05, 3.63) is 24.7 Å². The fourth-order valence-corrected chi connectivity index (χ4v) is 2.18. The van der Waals surface area contributed by atoms with E-state index in [4.69, 9.17) is 9.84 Å². The van der Waals surface area contributed by atoms with Crippen LogP contribution in [0.5, 0.6) is 0 Å². The Morgan fingerprint density at radius 3 is 2.83 bits per heavy atom. The van der Waals surface area contributed by atoms with E-state index in [1.807, 2.05) is 0 Å². The lowest BCUT2D eigenvalue weighted by Gasteiger charge is -2.16. The molecule has 96 valence electrons. The summed E-state index contributed by atoms with van der Waals surface area (Å²) in [5.41, 5.74) is 1.24. The molecule has 0 aliphatic carbocycles. The highest BCUT2D eigenvalue weighted by Gasteiger charge is 2.43. The Bertz CT molecular complexity index is 558. The topological polar surface area (TPSA) is 101 Å². The molecular weight excluding hydrogens is 238 g/mol. The van der Waals surface area contributed by atoms with Gasteiger partial charge in [0.1, 0.15) is 18.3 Å². The number of hydrogen-bond donors (Lipinski definition) is 3. The van der Waals surface area contributed by atoms with Gasteiger partial charge in [-0.2, -0.15) is 0 Å². The van der Waals surface area contributed by atoms with Crippen LogP contribution < -0.4 is 0 Å². The number of aliphatic hydroxyl groups excluding tert-OH is 3. The summed E-state index contributed by atoms with van der Waals surface area (Å²) in [6.45, 7) is -0.348. The maximum Gasteiger partial charge on any atom is 0.177 e. The van der Waals surface area contributed by atoms with Gasteiger partial charge < -0.3 is 20.1 Å². The van der Waals surface area contributed by atoms with Gasteiger partial charge in [-0.3, -0.25) is 4.57 Å². The van der Waals surface area contributed by atoms with Crippen LogP contribution in [0.3, 0.4) is 0 Å². The zero-order valence-corrected chi connectivity index (χ0v) is 9.42. The standard InChI is InChI=1S/C11H13N3O4/c15-4-7-8(16)9(17)11(18-7)14-5-13-10-6(14)2-1-3-12-10/h1-3,5,7-9,11,15-17H,4H2/t7-,8+,9+,11-/m0/s1. The van der Waals surface area contributed by atoms with E-state index >= 15 is 0 Å². The van der Waals surface area contributed by atoms with Crippen LogP contribution in [0.1, 0.15) is 6.23 Å². The Morgan fingerprint density at radius 2 is 2.11 bits per heavy atom. The zero-order valence-electron chi connectivity index (χ0n) is 9.42. The van der Waals surface area contributed by atoms with Crippen LogP contribution in [0.2, 0.25) is 0 Å². The lowest BCUT2D eigenvalue weighted by Crippen LogP contribution is -2.33. The van der Waals surface area contributed by atoms with Crippen LogP contribution in [-0.2, 0) is 4.74 Å². The predicted molar refractivity (Wildman–Crippen MR) is 60.5 cm³/mol. The molecule has 1 saturated heterocycles. The number of ether oxygens (including phenoxy) is 1. The summed E-state index contributed by atoms with van der Waals surface area (Å²) in [5.74, 6) is 0. The summed E-state index contributed by atoms with van der Waals surface area (Å²) in [7, 11) is 0. The van der Waals surface area contributed by atoms with Crippen molar-refractivity contribution in [2.24, 2.45) is 0 Å². The molecule has 7 nitrogen and oxygen atoms in total. The van der Waals surface area contributed by atoms with Crippen molar-refractivity contribution in [1.82, 2.24) is 14.5 Å². The van der Waals surface area contributed by atoms with Gasteiger partial charge in [0.05, 0.1) is 18.5 Å². The Morgan fingerprint density at radius 1 is 1.28 bits per heavy atom. The molecule has 2 aromatic heterocycles. The Kier molecular flexibility index (Phi) is 2.75. The second kappa shape index (κ2) is 4.29. The van der Waals surface area contributed by atoms with Crippen molar-refractivity contribution in [1.29, 1.82) is 0 Å². The van der Waals surface area contributed by atoms with Crippen molar-refractivity contribution in [2.75, 3.05) is 6.61 Å². The highest BCUT2D eigenvalue weighted by Crippen LogP contribution is 2.31. The Labute approximate surface area is 102 Å². The van der Waals surface area contributed by atoms with Gasteiger partial charge in [-0.05, 0) is 12.1 Å². The molecule has 1 aliphatic heterocycles. The normalized spacial score (nSPS) is 32.2. The van der Waals surface area contributed by atoms with Crippen LogP contribution in [-0.4, -0.2) is 54.8 Å². The van der Waals surface area contributed by atoms with Gasteiger partial charge in [0.2, 0.25) is 0 Å². The molecule has 1 aliphatic rings. The van der Waals surface area contributed by atoms with E-state index in [-0.39, 0.29) is 6.61 Å². The number of nitrogens with zero attached hydrogens (tertiary/aromatic N) is 3. The second-order valence-electron chi connectivity index (χ2n) is 4.23. The van der Waals surface area contributed by atoms with Gasteiger partial charge >= 0.3 is 0 Å². The average molecular weight is 251 g/mol. The van der Waals surface area contributed by atoms with Crippen molar-refractivity contribution >= 4 is 11.2 Å². The van der Waals surface area contributed by atoms with Crippen LogP contribution in [0.25, 0.3) is 11.2 Å². The van der Waals surface area contributed by atoms with Gasteiger partial charge in [0.25, 0.3) is 0 Å². The third kappa shape index (κ3) is 1.60. The van der Waals surface area contributed by atoms with E-state index < -0.39 is 24.5 Å². The van der Waals surface area contributed by atoms with Gasteiger partial charge in [0.15, 0.2) is 11.9 Å². The molecule has 0 amide bonds. The SMILES string of the molecule is OC[C@@H]1O[C@H](n2cnc3ncccc32)[C@H](O)[C@@H]1O. The van der Waals surface area contributed by atoms with Crippen LogP contribution >= 0.6 is 0 Å². The second-order valence-corrected chi connectivity index (χ2v) is 4.23. The summed E-state index contributed by atoms with van der Waals surface area (Å²) in [5, 5.41) is 28.7. The Hall–Kier alpha value is -1.54. The number of rotatable bonds is 2. The third-order valence-electron chi connectivity index (χ3n) is 3.14. The van der Waals surface area contributed by atoms with Crippen molar-refractivity contribution in [3.63, 3.8) is 0 Å². The summed E-state index contributed by atoms with van der Waals surface area (Å²) >= 11 is 0. The van der Waals surface area contributed by atoms with E-state index in [0.29, 0.717) is 11.2 Å². The molecule has 3 rings (SSSR count). The third-order valence-corrected chi connectivity index (χ3v) is 3.14. The molecule has 0 radical (unpaired) electrons. The van der Waals surface area contributed by atoms with E-state index in [1.165, 1.54) is 6.33 Å². The quantitative estimate of drug-likeness (QED) is 0.635. The van der Waals surface area contributed by atoms with Gasteiger partial charge in [0, 0.05) is 6.20 Å². The van der Waals surface area contributed by atoms with E-state index in [9.17, 15) is 10.2 Å². The van der Waals surface area contributed by atoms with Crippen LogP contribution in [0.4, 0.5) is 0 Å². The molecule has 7 heteroatoms. The first kappa shape index (κ1) is 11.5. The molecule has 1 fully saturated rings. The lowest BCUT2D eigenvalue weighted by atomic mass is 10.1. The number of imidazole rings is 1. The maximum absolute atomic E-state index is 9.94. The van der Waals surface area contributed by atoms with Crippen molar-refractivity contribution < 1.29 is 20.1 Å². The number of hydrogen-bond acceptors (Lipinski definition) is 6. The average Bonchev–Trinajstić information content (AvgIpc) is 2.93. The summed E-state index contributed by atoms with van der Waals surface area (Å²) < 4.78 is 7.04. The first-order valence-corrected chi connectivity index (χ1v) is 5.62. The van der Waals surface area contributed by atoms with Crippen LogP contribution in [0, 0.1) is 0 Å². The fourth-order valence-electron chi connectivity index (χ4n) is 2.18. The minimum atomic E-state index is -1.12. The van der Waals surface area contributed by atoms with E-state index in [2.05, 4.69) is 9.97 Å². The van der Waals surface area contributed by atoms with Crippen molar-refractivity contribution in [2.45, 2.75) is 24.5 Å². The molecule has 0 spiro atoms. The molecular formula is C11H13N3O4. The highest BCUT2D eigenvalue weighted by molar-refractivity contribution is 5.70. The van der Waals surface area contributed by atoms with Gasteiger partial charge in [-0.25, -0.2) is 9.97 Å². The molecule has 0 unspecified atom stereocenters. The van der Waals surface area contributed by atoms with Crippen molar-refractivity contribution in [3.8, 4) is 0 Å². The first-order chi connectivity index (χ1) is 8.72. The molecule has 18 heavy (non-hydrogen) atoms. The largest absolute Gasteiger partial charge is 0.394 e. The molecule has 4 atom stereocenters. The smallest absolute Gasteiger partial charge is 0.177 e. The van der Waals surface area contributed by atoms with E-state index in [1.54, 1.807) is 22.9 Å². The molecule has 3 N–H and O–H groups in total. The minimum Gasteiger partial charge on any atom is -0.394 e. The highest BCUT2D eigenvalue weighted by atomic mass is 16.6. The molecule has 3 heterocycles. The predicted octanol–water partition coefficient (Wildman–Crippen LogP) is -0.957. The lowest BCUT2D eigenvalue weighted by molar-refractivity contribution is -0.0508. The van der Waals surface area contributed by atoms with E-state index in [0.717, 1.165) is 0 Å². The summed E-state index contributed by atoms with van der Waals surface area (Å²) in [6, 6.07) is 3.55. The summed E-state index contributed by atoms with van der Waals surface area (Å²) in [6.07, 6.45) is -0.672. The number of pyridine rings is 1. The number of aliphatic hydroxyl groups is 3. The molecule has 2 aromatic rings. The first-order valence-electron chi connectivity index (χ1n) is 5.62. The number of aromatic nitrogens is 3.